The van der Waals surface area contributed by atoms with Crippen LogP contribution in [0.25, 0.3) is 5.57 Å². The Morgan fingerprint density at radius 3 is 2.27 bits per heavy atom. The van der Waals surface area contributed by atoms with Gasteiger partial charge in [-0.3, -0.25) is 0 Å². The molecule has 1 aromatic carbocycles. The van der Waals surface area contributed by atoms with Crippen LogP contribution in [0, 0.1) is 5.92 Å². The monoisotopic (exact) mass is 204 g/mol. The van der Waals surface area contributed by atoms with Crippen LogP contribution in [0.3, 0.4) is 0 Å². The number of benzene rings is 1. The maximum Gasteiger partial charge on any atom is 0.118 e. The highest BCUT2D eigenvalue weighted by atomic mass is 16.5. The van der Waals surface area contributed by atoms with Crippen molar-refractivity contribution in [2.75, 3.05) is 7.11 Å². The Labute approximate surface area is 92.8 Å². The standard InChI is InChI=1S/C14H20O/c1-5-6-14(11(2)3)12-7-9-13(15-4)10-8-12/h6-11H,5H2,1-4H3. The maximum absolute atomic E-state index is 5.15. The molecule has 0 atom stereocenters. The van der Waals surface area contributed by atoms with E-state index >= 15 is 0 Å². The Hall–Kier alpha value is -1.24. The van der Waals surface area contributed by atoms with Gasteiger partial charge in [-0.1, -0.05) is 39.0 Å². The van der Waals surface area contributed by atoms with Gasteiger partial charge in [0.25, 0.3) is 0 Å². The first-order valence-electron chi connectivity index (χ1n) is 5.53. The molecule has 0 bridgehead atoms. The smallest absolute Gasteiger partial charge is 0.118 e. The minimum Gasteiger partial charge on any atom is -0.497 e. The van der Waals surface area contributed by atoms with Crippen molar-refractivity contribution in [3.63, 3.8) is 0 Å². The minimum absolute atomic E-state index is 0.568. The van der Waals surface area contributed by atoms with E-state index in [0.29, 0.717) is 5.92 Å². The van der Waals surface area contributed by atoms with Crippen molar-refractivity contribution in [2.45, 2.75) is 27.2 Å². The number of hydrogen-bond acceptors (Lipinski definition) is 1. The molecule has 0 aliphatic carbocycles. The molecule has 0 amide bonds. The first kappa shape index (κ1) is 11.8. The van der Waals surface area contributed by atoms with Crippen molar-refractivity contribution in [3.05, 3.63) is 35.9 Å². The van der Waals surface area contributed by atoms with E-state index in [2.05, 4.69) is 39.0 Å². The molecule has 0 saturated carbocycles. The van der Waals surface area contributed by atoms with Gasteiger partial charge in [0.05, 0.1) is 7.11 Å². The van der Waals surface area contributed by atoms with E-state index < -0.39 is 0 Å². The minimum atomic E-state index is 0.568. The van der Waals surface area contributed by atoms with Crippen LogP contribution in [0.1, 0.15) is 32.8 Å². The van der Waals surface area contributed by atoms with Crippen LogP contribution in [0.5, 0.6) is 5.75 Å². The maximum atomic E-state index is 5.15. The lowest BCUT2D eigenvalue weighted by Gasteiger charge is -2.12. The van der Waals surface area contributed by atoms with E-state index in [9.17, 15) is 0 Å². The Kier molecular flexibility index (Phi) is 4.41. The van der Waals surface area contributed by atoms with Gasteiger partial charge >= 0.3 is 0 Å². The highest BCUT2D eigenvalue weighted by Crippen LogP contribution is 2.25. The van der Waals surface area contributed by atoms with Crippen molar-refractivity contribution >= 4 is 5.57 Å². The molecule has 0 radical (unpaired) electrons. The fourth-order valence-electron chi connectivity index (χ4n) is 1.69. The fourth-order valence-corrected chi connectivity index (χ4v) is 1.69. The second kappa shape index (κ2) is 5.59. The van der Waals surface area contributed by atoms with Crippen molar-refractivity contribution in [2.24, 2.45) is 5.92 Å². The van der Waals surface area contributed by atoms with Gasteiger partial charge < -0.3 is 4.74 Å². The zero-order valence-electron chi connectivity index (χ0n) is 10.1. The Bertz CT molecular complexity index is 320. The summed E-state index contributed by atoms with van der Waals surface area (Å²) in [4.78, 5) is 0. The molecule has 1 rings (SSSR count). The van der Waals surface area contributed by atoms with Crippen LogP contribution in [0.15, 0.2) is 30.3 Å². The average molecular weight is 204 g/mol. The summed E-state index contributed by atoms with van der Waals surface area (Å²) in [5.41, 5.74) is 2.72. The topological polar surface area (TPSA) is 9.23 Å². The van der Waals surface area contributed by atoms with Gasteiger partial charge in [0.15, 0.2) is 0 Å². The molecule has 0 N–H and O–H groups in total. The summed E-state index contributed by atoms with van der Waals surface area (Å²) < 4.78 is 5.15. The third-order valence-electron chi connectivity index (χ3n) is 2.47. The highest BCUT2D eigenvalue weighted by Gasteiger charge is 2.05. The van der Waals surface area contributed by atoms with Crippen LogP contribution in [0.2, 0.25) is 0 Å². The van der Waals surface area contributed by atoms with Crippen molar-refractivity contribution in [1.82, 2.24) is 0 Å². The molecule has 0 saturated heterocycles. The van der Waals surface area contributed by atoms with E-state index in [1.165, 1.54) is 11.1 Å². The van der Waals surface area contributed by atoms with Crippen LogP contribution in [0.4, 0.5) is 0 Å². The number of methoxy groups -OCH3 is 1. The summed E-state index contributed by atoms with van der Waals surface area (Å²) in [5, 5.41) is 0. The molecule has 0 spiro atoms. The SMILES string of the molecule is CCC=C(c1ccc(OC)cc1)C(C)C. The first-order chi connectivity index (χ1) is 7.19. The van der Waals surface area contributed by atoms with E-state index in [1.54, 1.807) is 7.11 Å². The summed E-state index contributed by atoms with van der Waals surface area (Å²) in [6.07, 6.45) is 3.38. The molecule has 0 unspecified atom stereocenters. The zero-order chi connectivity index (χ0) is 11.3. The van der Waals surface area contributed by atoms with Crippen LogP contribution in [-0.4, -0.2) is 7.11 Å². The van der Waals surface area contributed by atoms with Gasteiger partial charge in [-0.15, -0.1) is 0 Å². The lowest BCUT2D eigenvalue weighted by molar-refractivity contribution is 0.415. The lowest BCUT2D eigenvalue weighted by Crippen LogP contribution is -1.94. The Balaban J connectivity index is 2.97. The fraction of sp³-hybridized carbons (Fsp3) is 0.429. The molecule has 0 fully saturated rings. The van der Waals surface area contributed by atoms with Crippen molar-refractivity contribution in [1.29, 1.82) is 0 Å². The molecule has 0 aromatic heterocycles. The van der Waals surface area contributed by atoms with Crippen LogP contribution < -0.4 is 4.74 Å². The molecule has 82 valence electrons. The summed E-state index contributed by atoms with van der Waals surface area (Å²) in [7, 11) is 1.69. The van der Waals surface area contributed by atoms with E-state index in [4.69, 9.17) is 4.74 Å². The predicted molar refractivity (Wildman–Crippen MR) is 66.1 cm³/mol. The predicted octanol–water partition coefficient (Wildman–Crippen LogP) is 4.14. The molecule has 0 aliphatic rings. The normalized spacial score (nSPS) is 11.9. The molecule has 1 aromatic rings. The second-order valence-corrected chi connectivity index (χ2v) is 3.95. The molecule has 1 heteroatoms. The summed E-state index contributed by atoms with van der Waals surface area (Å²) in [5.74, 6) is 1.48. The van der Waals surface area contributed by atoms with E-state index in [1.807, 2.05) is 12.1 Å². The van der Waals surface area contributed by atoms with Gasteiger partial charge in [0.2, 0.25) is 0 Å². The van der Waals surface area contributed by atoms with Crippen LogP contribution in [-0.2, 0) is 0 Å². The largest absolute Gasteiger partial charge is 0.497 e. The zero-order valence-corrected chi connectivity index (χ0v) is 10.1. The Morgan fingerprint density at radius 2 is 1.87 bits per heavy atom. The van der Waals surface area contributed by atoms with Gasteiger partial charge in [-0.05, 0) is 35.6 Å². The van der Waals surface area contributed by atoms with Crippen molar-refractivity contribution in [3.8, 4) is 5.75 Å². The number of hydrogen-bond donors (Lipinski definition) is 0. The molecule has 0 heterocycles. The quantitative estimate of drug-likeness (QED) is 0.716. The Morgan fingerprint density at radius 1 is 1.27 bits per heavy atom. The number of rotatable bonds is 4. The summed E-state index contributed by atoms with van der Waals surface area (Å²) >= 11 is 0. The molecule has 0 aliphatic heterocycles. The van der Waals surface area contributed by atoms with Gasteiger partial charge in [0, 0.05) is 0 Å². The highest BCUT2D eigenvalue weighted by molar-refractivity contribution is 5.67. The average Bonchev–Trinajstić information content (AvgIpc) is 2.26. The summed E-state index contributed by atoms with van der Waals surface area (Å²) in [6.45, 7) is 6.63. The van der Waals surface area contributed by atoms with Crippen molar-refractivity contribution < 1.29 is 4.74 Å². The van der Waals surface area contributed by atoms with Crippen LogP contribution >= 0.6 is 0 Å². The first-order valence-corrected chi connectivity index (χ1v) is 5.53. The van der Waals surface area contributed by atoms with E-state index in [-0.39, 0.29) is 0 Å². The molecular formula is C14H20O. The third kappa shape index (κ3) is 3.12. The van der Waals surface area contributed by atoms with E-state index in [0.717, 1.165) is 12.2 Å². The lowest BCUT2D eigenvalue weighted by atomic mass is 9.94. The van der Waals surface area contributed by atoms with Gasteiger partial charge in [-0.2, -0.15) is 0 Å². The summed E-state index contributed by atoms with van der Waals surface area (Å²) in [6, 6.07) is 8.28. The van der Waals surface area contributed by atoms with Gasteiger partial charge in [-0.25, -0.2) is 0 Å². The van der Waals surface area contributed by atoms with Gasteiger partial charge in [0.1, 0.15) is 5.75 Å². The molecular weight excluding hydrogens is 184 g/mol. The second-order valence-electron chi connectivity index (χ2n) is 3.95. The number of allylic oxidation sites excluding steroid dienone is 2. The third-order valence-corrected chi connectivity index (χ3v) is 2.47. The molecule has 15 heavy (non-hydrogen) atoms. The number of ether oxygens (including phenoxy) is 1. The molecule has 1 nitrogen and oxygen atoms in total.